The van der Waals surface area contributed by atoms with Crippen LogP contribution in [0.5, 0.6) is 5.75 Å². The maximum atomic E-state index is 12.4. The molecule has 0 spiro atoms. The summed E-state index contributed by atoms with van der Waals surface area (Å²) in [7, 11) is 7.20. The van der Waals surface area contributed by atoms with Crippen molar-refractivity contribution in [2.75, 3.05) is 44.5 Å². The van der Waals surface area contributed by atoms with E-state index in [0.717, 1.165) is 33.4 Å². The number of aryl methyl sites for hydroxylation is 1. The first-order valence-corrected chi connectivity index (χ1v) is 14.1. The Labute approximate surface area is 252 Å². The van der Waals surface area contributed by atoms with Gasteiger partial charge in [0.2, 0.25) is 5.91 Å². The van der Waals surface area contributed by atoms with Crippen molar-refractivity contribution in [2.24, 2.45) is 7.05 Å². The van der Waals surface area contributed by atoms with E-state index in [1.54, 1.807) is 20.4 Å². The number of hydrogen-bond donors (Lipinski definition) is 1. The first-order valence-electron chi connectivity index (χ1n) is 14.1. The zero-order valence-corrected chi connectivity index (χ0v) is 26.0. The maximum Gasteiger partial charge on any atom is 0.410 e. The van der Waals surface area contributed by atoms with E-state index in [1.807, 2.05) is 70.1 Å². The second-order valence-corrected chi connectivity index (χ2v) is 11.4. The number of fused-ring (bicyclic) bond motifs is 1. The highest BCUT2D eigenvalue weighted by molar-refractivity contribution is 6.01. The first-order chi connectivity index (χ1) is 20.4. The van der Waals surface area contributed by atoms with Crippen LogP contribution in [0.4, 0.5) is 16.2 Å². The van der Waals surface area contributed by atoms with Gasteiger partial charge in [0, 0.05) is 81.1 Å². The summed E-state index contributed by atoms with van der Waals surface area (Å²) in [6.07, 6.45) is 5.03. The molecule has 10 nitrogen and oxygen atoms in total. The summed E-state index contributed by atoms with van der Waals surface area (Å²) in [6.45, 7) is 9.97. The average molecular weight is 585 g/mol. The van der Waals surface area contributed by atoms with Gasteiger partial charge >= 0.3 is 6.09 Å². The first kappa shape index (κ1) is 31.1. The van der Waals surface area contributed by atoms with Crippen molar-refractivity contribution < 1.29 is 19.1 Å². The molecule has 1 N–H and O–H groups in total. The highest BCUT2D eigenvalue weighted by atomic mass is 16.6. The zero-order chi connectivity index (χ0) is 31.3. The second-order valence-electron chi connectivity index (χ2n) is 11.4. The highest BCUT2D eigenvalue weighted by Crippen LogP contribution is 2.35. The molecule has 0 saturated heterocycles. The van der Waals surface area contributed by atoms with Gasteiger partial charge in [-0.05, 0) is 45.0 Å². The lowest BCUT2D eigenvalue weighted by molar-refractivity contribution is -0.111. The smallest absolute Gasteiger partial charge is 0.410 e. The zero-order valence-electron chi connectivity index (χ0n) is 26.0. The van der Waals surface area contributed by atoms with Gasteiger partial charge in [-0.1, -0.05) is 24.8 Å². The predicted octanol–water partition coefficient (Wildman–Crippen LogP) is 5.66. The molecule has 43 heavy (non-hydrogen) atoms. The number of carbonyl (C=O) groups is 2. The molecule has 4 rings (SSSR count). The summed E-state index contributed by atoms with van der Waals surface area (Å²) in [5.74, 6) is 0.897. The monoisotopic (exact) mass is 584 g/mol. The SMILES string of the molecule is C=CC(=O)Nc1cc(Cc2nccc(-c3cn(C)c4ccccc34)n2)c(OC)cc1N(C)CCN(C)C(=O)OC(C)(C)C. The van der Waals surface area contributed by atoms with Crippen molar-refractivity contribution in [3.63, 3.8) is 0 Å². The molecule has 4 aromatic rings. The topological polar surface area (TPSA) is 102 Å². The Bertz CT molecular complexity index is 1640. The van der Waals surface area contributed by atoms with Crippen molar-refractivity contribution in [2.45, 2.75) is 32.8 Å². The number of likely N-dealkylation sites (N-methyl/N-ethyl adjacent to an activating group) is 2. The molecule has 0 bridgehead atoms. The number of carbonyl (C=O) groups excluding carboxylic acids is 2. The predicted molar refractivity (Wildman–Crippen MR) is 171 cm³/mol. The lowest BCUT2D eigenvalue weighted by atomic mass is 10.1. The van der Waals surface area contributed by atoms with Crippen molar-refractivity contribution in [3.05, 3.63) is 78.9 Å². The van der Waals surface area contributed by atoms with E-state index in [2.05, 4.69) is 39.8 Å². The van der Waals surface area contributed by atoms with Crippen molar-refractivity contribution in [1.29, 1.82) is 0 Å². The van der Waals surface area contributed by atoms with E-state index < -0.39 is 11.7 Å². The number of hydrogen-bond acceptors (Lipinski definition) is 7. The molecule has 226 valence electrons. The van der Waals surface area contributed by atoms with Crippen LogP contribution in [0.25, 0.3) is 22.2 Å². The Balaban J connectivity index is 1.62. The molecule has 2 aromatic heterocycles. The van der Waals surface area contributed by atoms with Gasteiger partial charge in [-0.15, -0.1) is 0 Å². The summed E-state index contributed by atoms with van der Waals surface area (Å²) in [4.78, 5) is 37.7. The average Bonchev–Trinajstić information content (AvgIpc) is 3.31. The molecule has 0 saturated carbocycles. The van der Waals surface area contributed by atoms with Gasteiger partial charge in [-0.25, -0.2) is 14.8 Å². The van der Waals surface area contributed by atoms with E-state index in [0.29, 0.717) is 36.8 Å². The fourth-order valence-electron chi connectivity index (χ4n) is 4.74. The number of methoxy groups -OCH3 is 1. The third-order valence-corrected chi connectivity index (χ3v) is 6.96. The highest BCUT2D eigenvalue weighted by Gasteiger charge is 2.21. The number of ether oxygens (including phenoxy) is 2. The summed E-state index contributed by atoms with van der Waals surface area (Å²) in [5.41, 5.74) is 4.50. The van der Waals surface area contributed by atoms with Crippen LogP contribution in [0.1, 0.15) is 32.2 Å². The van der Waals surface area contributed by atoms with Gasteiger partial charge in [-0.3, -0.25) is 4.79 Å². The molecule has 0 aliphatic carbocycles. The van der Waals surface area contributed by atoms with Crippen LogP contribution in [0.15, 0.2) is 67.5 Å². The molecule has 0 fully saturated rings. The molecule has 0 atom stereocenters. The fraction of sp³-hybridized carbons (Fsp3) is 0.333. The number of nitrogens with one attached hydrogen (secondary N) is 1. The summed E-state index contributed by atoms with van der Waals surface area (Å²) in [6, 6.07) is 13.9. The standard InChI is InChI=1S/C33H40N6O4/c1-9-31(40)36-26-18-22(29(42-8)20-28(26)37(5)16-17-38(6)32(41)43-33(2,3)4)19-30-34-15-14-25(35-30)24-21-39(7)27-13-11-10-12-23(24)27/h9-15,18,20-21H,1,16-17,19H2,2-8H3,(H,36,40). The molecule has 10 heteroatoms. The second kappa shape index (κ2) is 13.0. The van der Waals surface area contributed by atoms with E-state index in [1.165, 1.54) is 11.0 Å². The quantitative estimate of drug-likeness (QED) is 0.240. The summed E-state index contributed by atoms with van der Waals surface area (Å²) >= 11 is 0. The van der Waals surface area contributed by atoms with Gasteiger partial charge in [0.15, 0.2) is 0 Å². The number of para-hydroxylation sites is 1. The number of amides is 2. The molecule has 2 aromatic carbocycles. The molecule has 0 radical (unpaired) electrons. The lowest BCUT2D eigenvalue weighted by Crippen LogP contribution is -2.38. The van der Waals surface area contributed by atoms with Crippen LogP contribution < -0.4 is 15.0 Å². The number of aromatic nitrogens is 3. The number of nitrogens with zero attached hydrogens (tertiary/aromatic N) is 5. The number of anilines is 2. The number of benzene rings is 2. The van der Waals surface area contributed by atoms with Gasteiger partial charge in [0.25, 0.3) is 0 Å². The lowest BCUT2D eigenvalue weighted by Gasteiger charge is -2.28. The summed E-state index contributed by atoms with van der Waals surface area (Å²) in [5, 5.41) is 4.03. The minimum atomic E-state index is -0.583. The van der Waals surface area contributed by atoms with Crippen LogP contribution in [0.2, 0.25) is 0 Å². The maximum absolute atomic E-state index is 12.4. The fourth-order valence-corrected chi connectivity index (χ4v) is 4.74. The molecule has 2 amide bonds. The van der Waals surface area contributed by atoms with E-state index in [4.69, 9.17) is 14.5 Å². The Kier molecular flexibility index (Phi) is 9.38. The Morgan fingerprint density at radius 1 is 1.12 bits per heavy atom. The van der Waals surface area contributed by atoms with Crippen molar-refractivity contribution >= 4 is 34.3 Å². The Morgan fingerprint density at radius 3 is 2.56 bits per heavy atom. The summed E-state index contributed by atoms with van der Waals surface area (Å²) < 4.78 is 13.3. The van der Waals surface area contributed by atoms with Crippen LogP contribution >= 0.6 is 0 Å². The van der Waals surface area contributed by atoms with Crippen LogP contribution in [0.3, 0.4) is 0 Å². The molecular weight excluding hydrogens is 544 g/mol. The van der Waals surface area contributed by atoms with Crippen LogP contribution in [0, 0.1) is 0 Å². The van der Waals surface area contributed by atoms with Gasteiger partial charge < -0.3 is 29.2 Å². The van der Waals surface area contributed by atoms with E-state index >= 15 is 0 Å². The van der Waals surface area contributed by atoms with Gasteiger partial charge in [0.05, 0.1) is 24.2 Å². The molecule has 2 heterocycles. The number of rotatable bonds is 10. The third-order valence-electron chi connectivity index (χ3n) is 6.96. The molecule has 0 aliphatic heterocycles. The molecule has 0 unspecified atom stereocenters. The van der Waals surface area contributed by atoms with E-state index in [-0.39, 0.29) is 5.91 Å². The third kappa shape index (κ3) is 7.51. The van der Waals surface area contributed by atoms with Gasteiger partial charge in [-0.2, -0.15) is 0 Å². The minimum absolute atomic E-state index is 0.342. The van der Waals surface area contributed by atoms with Gasteiger partial charge in [0.1, 0.15) is 17.2 Å². The normalized spacial score (nSPS) is 11.2. The molecular formula is C33H40N6O4. The van der Waals surface area contributed by atoms with Crippen LogP contribution in [-0.4, -0.2) is 71.3 Å². The van der Waals surface area contributed by atoms with Crippen molar-refractivity contribution in [3.8, 4) is 17.0 Å². The Hall–Kier alpha value is -4.86. The van der Waals surface area contributed by atoms with E-state index in [9.17, 15) is 9.59 Å². The largest absolute Gasteiger partial charge is 0.496 e. The minimum Gasteiger partial charge on any atom is -0.496 e. The Morgan fingerprint density at radius 2 is 1.86 bits per heavy atom. The molecule has 0 aliphatic rings. The van der Waals surface area contributed by atoms with Crippen molar-refractivity contribution in [1.82, 2.24) is 19.4 Å². The van der Waals surface area contributed by atoms with Crippen LogP contribution in [-0.2, 0) is 23.0 Å².